The van der Waals surface area contributed by atoms with Crippen LogP contribution in [0.15, 0.2) is 11.0 Å². The second-order valence-corrected chi connectivity index (χ2v) is 4.25. The molecule has 0 amide bonds. The van der Waals surface area contributed by atoms with E-state index in [-0.39, 0.29) is 4.90 Å². The second-order valence-electron chi connectivity index (χ2n) is 2.56. The first-order chi connectivity index (χ1) is 5.47. The predicted molar refractivity (Wildman–Crippen MR) is 44.8 cm³/mol. The second kappa shape index (κ2) is 2.89. The van der Waals surface area contributed by atoms with Crippen LogP contribution < -0.4 is 10.7 Å². The third-order valence-electron chi connectivity index (χ3n) is 1.55. The van der Waals surface area contributed by atoms with Crippen molar-refractivity contribution in [2.45, 2.75) is 18.7 Å². The Balaban J connectivity index is 3.29. The van der Waals surface area contributed by atoms with Gasteiger partial charge in [0, 0.05) is 11.4 Å². The van der Waals surface area contributed by atoms with Crippen LogP contribution in [-0.4, -0.2) is 13.4 Å². The van der Waals surface area contributed by atoms with E-state index in [1.54, 1.807) is 18.7 Å². The molecule has 0 aliphatic heterocycles. The molecule has 0 saturated heterocycles. The normalized spacial score (nSPS) is 11.9. The van der Waals surface area contributed by atoms with E-state index >= 15 is 0 Å². The van der Waals surface area contributed by atoms with Crippen LogP contribution in [0.3, 0.4) is 0 Å². The smallest absolute Gasteiger partial charge is 0.254 e. The average molecular weight is 189 g/mol. The fourth-order valence-electron chi connectivity index (χ4n) is 1.04. The molecule has 0 radical (unpaired) electrons. The Labute approximate surface area is 71.0 Å². The lowest BCUT2D eigenvalue weighted by atomic mass is 10.4. The summed E-state index contributed by atoms with van der Waals surface area (Å²) in [4.78, 5) is 4.83. The average Bonchev–Trinajstić information content (AvgIpc) is 2.31. The molecule has 1 heterocycles. The van der Waals surface area contributed by atoms with Crippen LogP contribution in [0.25, 0.3) is 0 Å². The van der Waals surface area contributed by atoms with Gasteiger partial charge in [-0.05, 0) is 19.9 Å². The molecule has 0 spiro atoms. The number of rotatable bonds is 2. The van der Waals surface area contributed by atoms with Crippen LogP contribution in [-0.2, 0) is 10.0 Å². The third-order valence-corrected chi connectivity index (χ3v) is 2.86. The molecule has 5 nitrogen and oxygen atoms in total. The molecule has 1 aromatic rings. The monoisotopic (exact) mass is 189 g/mol. The fourth-order valence-corrected chi connectivity index (χ4v) is 1.95. The van der Waals surface area contributed by atoms with E-state index in [1.807, 2.05) is 0 Å². The number of aromatic amines is 1. The number of hydrogen-bond donors (Lipinski definition) is 3. The van der Waals surface area contributed by atoms with Crippen LogP contribution in [0.1, 0.15) is 11.4 Å². The summed E-state index contributed by atoms with van der Waals surface area (Å²) in [5.74, 6) is 4.86. The number of aryl methyl sites for hydroxylation is 2. The molecule has 1 rings (SSSR count). The minimum atomic E-state index is -3.51. The molecule has 1 aromatic heterocycles. The first-order valence-corrected chi connectivity index (χ1v) is 4.84. The highest BCUT2D eigenvalue weighted by Gasteiger charge is 2.16. The molecule has 0 unspecified atom stereocenters. The molecule has 0 aliphatic rings. The Morgan fingerprint density at radius 1 is 1.50 bits per heavy atom. The number of nitrogens with one attached hydrogen (secondary N) is 2. The Morgan fingerprint density at radius 3 is 2.42 bits per heavy atom. The molecule has 0 aliphatic carbocycles. The summed E-state index contributed by atoms with van der Waals surface area (Å²) in [5.41, 5.74) is 1.38. The molecule has 4 N–H and O–H groups in total. The van der Waals surface area contributed by atoms with Gasteiger partial charge >= 0.3 is 0 Å². The van der Waals surface area contributed by atoms with Crippen molar-refractivity contribution >= 4 is 10.0 Å². The summed E-state index contributed by atoms with van der Waals surface area (Å²) in [5, 5.41) is 0. The van der Waals surface area contributed by atoms with E-state index in [0.717, 1.165) is 5.69 Å². The van der Waals surface area contributed by atoms with E-state index in [1.165, 1.54) is 6.07 Å². The van der Waals surface area contributed by atoms with Gasteiger partial charge in [-0.3, -0.25) is 5.84 Å². The van der Waals surface area contributed by atoms with Gasteiger partial charge < -0.3 is 4.98 Å². The Hall–Kier alpha value is -0.850. The zero-order valence-electron chi connectivity index (χ0n) is 6.88. The van der Waals surface area contributed by atoms with E-state index in [4.69, 9.17) is 5.84 Å². The maximum absolute atomic E-state index is 11.2. The maximum Gasteiger partial charge on any atom is 0.254 e. The Morgan fingerprint density at radius 2 is 2.08 bits per heavy atom. The quantitative estimate of drug-likeness (QED) is 0.444. The largest absolute Gasteiger partial charge is 0.362 e. The summed E-state index contributed by atoms with van der Waals surface area (Å²) >= 11 is 0. The molecule has 0 aromatic carbocycles. The van der Waals surface area contributed by atoms with Gasteiger partial charge in [0.15, 0.2) is 0 Å². The summed E-state index contributed by atoms with van der Waals surface area (Å²) in [7, 11) is -3.51. The summed E-state index contributed by atoms with van der Waals surface area (Å²) in [6, 6.07) is 1.53. The van der Waals surface area contributed by atoms with Crippen molar-refractivity contribution in [2.24, 2.45) is 5.84 Å². The molecule has 12 heavy (non-hydrogen) atoms. The molecular weight excluding hydrogens is 178 g/mol. The highest BCUT2D eigenvalue weighted by atomic mass is 32.2. The summed E-state index contributed by atoms with van der Waals surface area (Å²) in [6.07, 6.45) is 0. The molecule has 0 saturated carbocycles. The van der Waals surface area contributed by atoms with Crippen molar-refractivity contribution in [1.29, 1.82) is 0 Å². The molecular formula is C6H11N3O2S. The SMILES string of the molecule is Cc1cc(S(=O)(=O)NN)c(C)[nH]1. The van der Waals surface area contributed by atoms with E-state index in [0.29, 0.717) is 5.69 Å². The predicted octanol–water partition coefficient (Wildman–Crippen LogP) is -0.216. The van der Waals surface area contributed by atoms with Gasteiger partial charge in [0.1, 0.15) is 4.90 Å². The van der Waals surface area contributed by atoms with Crippen LogP contribution >= 0.6 is 0 Å². The first kappa shape index (κ1) is 9.24. The van der Waals surface area contributed by atoms with Crippen molar-refractivity contribution in [3.8, 4) is 0 Å². The van der Waals surface area contributed by atoms with E-state index in [2.05, 4.69) is 4.98 Å². The number of aromatic nitrogens is 1. The zero-order chi connectivity index (χ0) is 9.35. The third kappa shape index (κ3) is 1.50. The summed E-state index contributed by atoms with van der Waals surface area (Å²) < 4.78 is 22.4. The first-order valence-electron chi connectivity index (χ1n) is 3.36. The lowest BCUT2D eigenvalue weighted by molar-refractivity contribution is 0.583. The van der Waals surface area contributed by atoms with Crippen LogP contribution in [0.2, 0.25) is 0 Å². The van der Waals surface area contributed by atoms with Gasteiger partial charge in [0.05, 0.1) is 0 Å². The van der Waals surface area contributed by atoms with Crippen molar-refractivity contribution in [1.82, 2.24) is 9.82 Å². The van der Waals surface area contributed by atoms with E-state index < -0.39 is 10.0 Å². The number of sulfonamides is 1. The highest BCUT2D eigenvalue weighted by Crippen LogP contribution is 2.14. The molecule has 0 atom stereocenters. The van der Waals surface area contributed by atoms with Crippen LogP contribution in [0.4, 0.5) is 0 Å². The lowest BCUT2D eigenvalue weighted by Crippen LogP contribution is -2.30. The van der Waals surface area contributed by atoms with Crippen molar-refractivity contribution in [2.75, 3.05) is 0 Å². The molecule has 0 fully saturated rings. The Kier molecular flexibility index (Phi) is 2.22. The highest BCUT2D eigenvalue weighted by molar-refractivity contribution is 7.89. The van der Waals surface area contributed by atoms with Gasteiger partial charge in [-0.1, -0.05) is 0 Å². The van der Waals surface area contributed by atoms with E-state index in [9.17, 15) is 8.42 Å². The van der Waals surface area contributed by atoms with Crippen LogP contribution in [0, 0.1) is 13.8 Å². The van der Waals surface area contributed by atoms with Gasteiger partial charge in [0.2, 0.25) is 0 Å². The minimum Gasteiger partial charge on any atom is -0.362 e. The number of H-pyrrole nitrogens is 1. The minimum absolute atomic E-state index is 0.197. The van der Waals surface area contributed by atoms with Gasteiger partial charge in [-0.2, -0.15) is 0 Å². The number of hydrazine groups is 1. The Bertz CT molecular complexity index is 379. The van der Waals surface area contributed by atoms with Gasteiger partial charge in [-0.25, -0.2) is 8.42 Å². The summed E-state index contributed by atoms with van der Waals surface area (Å²) in [6.45, 7) is 3.46. The van der Waals surface area contributed by atoms with Crippen molar-refractivity contribution in [3.05, 3.63) is 17.5 Å². The number of hydrogen-bond acceptors (Lipinski definition) is 3. The molecule has 0 bridgehead atoms. The standard InChI is InChI=1S/C6H11N3O2S/c1-4-3-6(5(2)8-4)12(10,11)9-7/h3,8-9H,7H2,1-2H3. The maximum atomic E-state index is 11.2. The number of nitrogens with two attached hydrogens (primary N) is 1. The zero-order valence-corrected chi connectivity index (χ0v) is 7.70. The molecule has 68 valence electrons. The van der Waals surface area contributed by atoms with Crippen LogP contribution in [0.5, 0.6) is 0 Å². The van der Waals surface area contributed by atoms with Gasteiger partial charge in [0.25, 0.3) is 10.0 Å². The fraction of sp³-hybridized carbons (Fsp3) is 0.333. The van der Waals surface area contributed by atoms with Gasteiger partial charge in [-0.15, -0.1) is 4.83 Å². The van der Waals surface area contributed by atoms with Crippen molar-refractivity contribution < 1.29 is 8.42 Å². The molecule has 6 heteroatoms. The lowest BCUT2D eigenvalue weighted by Gasteiger charge is -1.98. The van der Waals surface area contributed by atoms with Crippen molar-refractivity contribution in [3.63, 3.8) is 0 Å². The topological polar surface area (TPSA) is 88.0 Å².